The van der Waals surface area contributed by atoms with Gasteiger partial charge in [-0.2, -0.15) is 0 Å². The van der Waals surface area contributed by atoms with Crippen molar-refractivity contribution in [2.75, 3.05) is 29.0 Å². The van der Waals surface area contributed by atoms with E-state index in [4.69, 9.17) is 10.5 Å². The van der Waals surface area contributed by atoms with E-state index in [1.165, 1.54) is 0 Å². The molecule has 0 aliphatic carbocycles. The number of nitrogens with two attached hydrogens (primary N) is 1. The number of para-hydroxylation sites is 2. The van der Waals surface area contributed by atoms with Crippen LogP contribution in [0.3, 0.4) is 0 Å². The summed E-state index contributed by atoms with van der Waals surface area (Å²) in [6, 6.07) is 20.7. The minimum absolute atomic E-state index is 0.0825. The molecule has 3 N–H and O–H groups in total. The van der Waals surface area contributed by atoms with E-state index >= 15 is 0 Å². The van der Waals surface area contributed by atoms with Crippen molar-refractivity contribution < 1.29 is 14.3 Å². The number of nitrogens with one attached hydrogen (secondary N) is 1. The fraction of sp³-hybridized carbons (Fsp3) is 0.269. The number of hydrogen-bond acceptors (Lipinski definition) is 6. The normalized spacial score (nSPS) is 19.1. The number of amides is 2. The Morgan fingerprint density at radius 1 is 0.971 bits per heavy atom. The van der Waals surface area contributed by atoms with E-state index in [2.05, 4.69) is 15.2 Å². The molecule has 3 aromatic rings. The molecule has 2 aromatic carbocycles. The number of nitrogens with zero attached hydrogens (tertiary/aromatic N) is 3. The molecule has 3 fully saturated rings. The second-order valence-electron chi connectivity index (χ2n) is 8.68. The maximum absolute atomic E-state index is 12.7. The Labute approximate surface area is 198 Å². The molecule has 8 nitrogen and oxygen atoms in total. The summed E-state index contributed by atoms with van der Waals surface area (Å²) in [6.45, 7) is 1.58. The van der Waals surface area contributed by atoms with Gasteiger partial charge in [0.25, 0.3) is 5.91 Å². The quantitative estimate of drug-likeness (QED) is 0.564. The number of ether oxygens (including phenoxy) is 1. The van der Waals surface area contributed by atoms with E-state index in [0.29, 0.717) is 30.0 Å². The molecule has 0 spiro atoms. The van der Waals surface area contributed by atoms with Gasteiger partial charge in [-0.25, -0.2) is 9.78 Å². The summed E-state index contributed by atoms with van der Waals surface area (Å²) in [6.07, 6.45) is 3.25. The molecule has 0 radical (unpaired) electrons. The molecule has 174 valence electrons. The van der Waals surface area contributed by atoms with Gasteiger partial charge in [-0.3, -0.25) is 4.79 Å². The van der Waals surface area contributed by atoms with Crippen LogP contribution in [-0.4, -0.2) is 47.1 Å². The summed E-state index contributed by atoms with van der Waals surface area (Å²) in [5.74, 6) is 0.548. The predicted octanol–water partition coefficient (Wildman–Crippen LogP) is 3.91. The minimum Gasteiger partial charge on any atom is -0.445 e. The molecular weight excluding hydrogens is 430 g/mol. The Morgan fingerprint density at radius 3 is 2.44 bits per heavy atom. The molecule has 2 bridgehead atoms. The summed E-state index contributed by atoms with van der Waals surface area (Å²) in [7, 11) is 0. The molecule has 2 amide bonds. The van der Waals surface area contributed by atoms with Crippen LogP contribution in [-0.2, 0) is 11.3 Å². The highest BCUT2D eigenvalue weighted by Gasteiger charge is 2.42. The Bertz CT molecular complexity index is 1170. The number of carbonyl (C=O) groups excluding carboxylic acids is 2. The first-order chi connectivity index (χ1) is 16.6. The van der Waals surface area contributed by atoms with Gasteiger partial charge in [0, 0.05) is 25.3 Å². The lowest BCUT2D eigenvalue weighted by atomic mass is 9.91. The molecule has 1 aromatic heterocycles. The zero-order valence-corrected chi connectivity index (χ0v) is 18.8. The van der Waals surface area contributed by atoms with Crippen LogP contribution in [0.2, 0.25) is 0 Å². The van der Waals surface area contributed by atoms with Crippen molar-refractivity contribution in [2.24, 2.45) is 0 Å². The van der Waals surface area contributed by atoms with Gasteiger partial charge in [0.15, 0.2) is 0 Å². The van der Waals surface area contributed by atoms with Gasteiger partial charge in [-0.05, 0) is 42.7 Å². The third-order valence-electron chi connectivity index (χ3n) is 6.48. The predicted molar refractivity (Wildman–Crippen MR) is 131 cm³/mol. The van der Waals surface area contributed by atoms with E-state index in [1.54, 1.807) is 24.4 Å². The molecule has 0 saturated carbocycles. The Morgan fingerprint density at radius 2 is 1.74 bits per heavy atom. The zero-order chi connectivity index (χ0) is 23.5. The van der Waals surface area contributed by atoms with Crippen LogP contribution in [0.25, 0.3) is 0 Å². The molecule has 0 unspecified atom stereocenters. The van der Waals surface area contributed by atoms with Crippen molar-refractivity contribution >= 4 is 29.2 Å². The van der Waals surface area contributed by atoms with Crippen molar-refractivity contribution in [3.05, 3.63) is 84.1 Å². The third-order valence-corrected chi connectivity index (χ3v) is 6.48. The molecule has 3 aliphatic rings. The Balaban J connectivity index is 1.20. The van der Waals surface area contributed by atoms with Gasteiger partial charge in [-0.1, -0.05) is 42.5 Å². The number of hydrogen-bond donors (Lipinski definition) is 2. The highest BCUT2D eigenvalue weighted by atomic mass is 16.6. The summed E-state index contributed by atoms with van der Waals surface area (Å²) in [5.41, 5.74) is 8.43. The summed E-state index contributed by atoms with van der Waals surface area (Å²) in [5, 5.41) is 2.82. The monoisotopic (exact) mass is 457 g/mol. The first-order valence-corrected chi connectivity index (χ1v) is 11.4. The van der Waals surface area contributed by atoms with Gasteiger partial charge < -0.3 is 25.6 Å². The van der Waals surface area contributed by atoms with Crippen LogP contribution in [0.1, 0.15) is 28.8 Å². The van der Waals surface area contributed by atoms with E-state index in [0.717, 1.165) is 24.2 Å². The number of fused-ring (bicyclic) bond motifs is 3. The SMILES string of the molecule is Nc1ccccc1NC(=O)c1ccc(N2C[C@H]3CC[C@@H]2CN3C(=O)OCc2ccccc2)nc1. The number of anilines is 3. The lowest BCUT2D eigenvalue weighted by Gasteiger charge is -2.51. The maximum atomic E-state index is 12.7. The molecule has 4 heterocycles. The lowest BCUT2D eigenvalue weighted by Crippen LogP contribution is -2.64. The molecule has 6 rings (SSSR count). The lowest BCUT2D eigenvalue weighted by molar-refractivity contribution is 0.0500. The molecule has 2 atom stereocenters. The zero-order valence-electron chi connectivity index (χ0n) is 18.8. The average molecular weight is 458 g/mol. The van der Waals surface area contributed by atoms with E-state index < -0.39 is 0 Å². The number of pyridine rings is 1. The Kier molecular flexibility index (Phi) is 6.03. The fourth-order valence-electron chi connectivity index (χ4n) is 4.63. The first kappa shape index (κ1) is 21.8. The number of benzene rings is 2. The summed E-state index contributed by atoms with van der Waals surface area (Å²) < 4.78 is 5.56. The number of nitrogen functional groups attached to an aromatic ring is 1. The maximum Gasteiger partial charge on any atom is 0.410 e. The third kappa shape index (κ3) is 4.52. The summed E-state index contributed by atoms with van der Waals surface area (Å²) >= 11 is 0. The number of piperazine rings is 1. The topological polar surface area (TPSA) is 101 Å². The number of piperidine rings is 2. The molecule has 8 heteroatoms. The molecule has 3 aliphatic heterocycles. The first-order valence-electron chi connectivity index (χ1n) is 11.4. The van der Waals surface area contributed by atoms with Crippen molar-refractivity contribution in [1.29, 1.82) is 0 Å². The van der Waals surface area contributed by atoms with Crippen LogP contribution in [0.4, 0.5) is 22.0 Å². The van der Waals surface area contributed by atoms with Crippen LogP contribution < -0.4 is 16.0 Å². The number of carbonyl (C=O) groups is 2. The van der Waals surface area contributed by atoms with Crippen molar-refractivity contribution in [3.8, 4) is 0 Å². The highest BCUT2D eigenvalue weighted by molar-refractivity contribution is 6.05. The fourth-order valence-corrected chi connectivity index (χ4v) is 4.63. The van der Waals surface area contributed by atoms with Crippen LogP contribution >= 0.6 is 0 Å². The van der Waals surface area contributed by atoms with E-state index in [9.17, 15) is 9.59 Å². The number of rotatable bonds is 5. The van der Waals surface area contributed by atoms with Crippen LogP contribution in [0, 0.1) is 0 Å². The standard InChI is InChI=1S/C26H27N5O3/c27-22-8-4-5-9-23(22)29-25(32)19-10-13-24(28-14-19)30-15-21-12-11-20(30)16-31(21)26(33)34-17-18-6-2-1-3-7-18/h1-10,13-14,20-21H,11-12,15-17,27H2,(H,29,32)/t20-,21-/m1/s1. The van der Waals surface area contributed by atoms with Crippen molar-refractivity contribution in [3.63, 3.8) is 0 Å². The van der Waals surface area contributed by atoms with Gasteiger partial charge >= 0.3 is 6.09 Å². The second kappa shape index (κ2) is 9.43. The van der Waals surface area contributed by atoms with E-state index in [1.807, 2.05) is 53.4 Å². The second-order valence-corrected chi connectivity index (χ2v) is 8.68. The summed E-state index contributed by atoms with van der Waals surface area (Å²) in [4.78, 5) is 33.9. The van der Waals surface area contributed by atoms with Crippen molar-refractivity contribution in [2.45, 2.75) is 31.5 Å². The van der Waals surface area contributed by atoms with Crippen LogP contribution in [0.5, 0.6) is 0 Å². The molecular formula is C26H27N5O3. The van der Waals surface area contributed by atoms with Gasteiger partial charge in [-0.15, -0.1) is 0 Å². The van der Waals surface area contributed by atoms with Gasteiger partial charge in [0.05, 0.1) is 23.0 Å². The minimum atomic E-state index is -0.265. The largest absolute Gasteiger partial charge is 0.445 e. The van der Waals surface area contributed by atoms with Crippen LogP contribution in [0.15, 0.2) is 72.9 Å². The average Bonchev–Trinajstić information content (AvgIpc) is 2.89. The number of aromatic nitrogens is 1. The van der Waals surface area contributed by atoms with Crippen molar-refractivity contribution in [1.82, 2.24) is 9.88 Å². The molecule has 34 heavy (non-hydrogen) atoms. The van der Waals surface area contributed by atoms with E-state index in [-0.39, 0.29) is 30.7 Å². The Hall–Kier alpha value is -4.07. The van der Waals surface area contributed by atoms with Gasteiger partial charge in [0.1, 0.15) is 12.4 Å². The molecule has 3 saturated heterocycles. The van der Waals surface area contributed by atoms with Gasteiger partial charge in [0.2, 0.25) is 0 Å². The highest BCUT2D eigenvalue weighted by Crippen LogP contribution is 2.32. The smallest absolute Gasteiger partial charge is 0.410 e.